The van der Waals surface area contributed by atoms with E-state index in [-0.39, 0.29) is 36.1 Å². The Morgan fingerprint density at radius 3 is 2.69 bits per heavy atom. The summed E-state index contributed by atoms with van der Waals surface area (Å²) in [6.07, 6.45) is 0.254. The van der Waals surface area contributed by atoms with Gasteiger partial charge in [-0.3, -0.25) is 4.98 Å². The Hall–Kier alpha value is -2.73. The number of anilines is 1. The van der Waals surface area contributed by atoms with Gasteiger partial charge in [0.15, 0.2) is 0 Å². The van der Waals surface area contributed by atoms with Crippen molar-refractivity contribution in [2.75, 3.05) is 5.32 Å². The fraction of sp³-hybridized carbons (Fsp3) is 0.412. The van der Waals surface area contributed by atoms with Gasteiger partial charge in [-0.25, -0.2) is 9.97 Å². The van der Waals surface area contributed by atoms with E-state index in [1.807, 2.05) is 6.07 Å². The molecule has 1 aliphatic rings. The molecule has 1 saturated carbocycles. The molecule has 9 heteroatoms. The summed E-state index contributed by atoms with van der Waals surface area (Å²) in [5.41, 5.74) is -0.389. The largest absolute Gasteiger partial charge is 0.416 e. The normalized spacial score (nSPS) is 19.5. The van der Waals surface area contributed by atoms with Gasteiger partial charge in [0, 0.05) is 24.9 Å². The summed E-state index contributed by atoms with van der Waals surface area (Å²) in [7, 11) is 0. The van der Waals surface area contributed by atoms with Crippen LogP contribution in [0.25, 0.3) is 0 Å². The van der Waals surface area contributed by atoms with Crippen LogP contribution in [0.15, 0.2) is 24.7 Å². The minimum absolute atomic E-state index is 0.0232. The minimum Gasteiger partial charge on any atom is -0.393 e. The number of alkyl halides is 3. The number of nitriles is 1. The van der Waals surface area contributed by atoms with E-state index in [0.29, 0.717) is 24.5 Å². The van der Waals surface area contributed by atoms with E-state index in [1.165, 1.54) is 12.4 Å². The van der Waals surface area contributed by atoms with Crippen molar-refractivity contribution in [3.8, 4) is 6.07 Å². The van der Waals surface area contributed by atoms with Gasteiger partial charge in [-0.05, 0) is 30.9 Å². The van der Waals surface area contributed by atoms with Crippen molar-refractivity contribution in [1.29, 1.82) is 5.26 Å². The Bertz CT molecular complexity index is 828. The molecule has 1 aliphatic carbocycles. The molecule has 0 bridgehead atoms. The summed E-state index contributed by atoms with van der Waals surface area (Å²) in [4.78, 5) is 12.1. The fourth-order valence-corrected chi connectivity index (χ4v) is 2.78. The van der Waals surface area contributed by atoms with Crippen molar-refractivity contribution in [3.63, 3.8) is 0 Å². The van der Waals surface area contributed by atoms with E-state index < -0.39 is 11.7 Å². The second-order valence-electron chi connectivity index (χ2n) is 6.16. The summed E-state index contributed by atoms with van der Waals surface area (Å²) in [5, 5.41) is 21.6. The first-order valence-electron chi connectivity index (χ1n) is 8.07. The number of hydrogen-bond acceptors (Lipinski definition) is 6. The van der Waals surface area contributed by atoms with E-state index in [0.717, 1.165) is 12.3 Å². The quantitative estimate of drug-likeness (QED) is 0.848. The van der Waals surface area contributed by atoms with Gasteiger partial charge in [0.25, 0.3) is 0 Å². The molecule has 1 fully saturated rings. The van der Waals surface area contributed by atoms with Crippen LogP contribution in [-0.2, 0) is 19.0 Å². The summed E-state index contributed by atoms with van der Waals surface area (Å²) in [5.74, 6) is 0.681. The molecule has 0 atom stereocenters. The number of rotatable bonds is 5. The summed E-state index contributed by atoms with van der Waals surface area (Å²) in [6, 6.07) is 2.95. The average Bonchev–Trinajstić information content (AvgIpc) is 2.58. The third kappa shape index (κ3) is 4.08. The van der Waals surface area contributed by atoms with E-state index in [1.54, 1.807) is 0 Å². The molecule has 0 saturated heterocycles. The molecule has 0 aliphatic heterocycles. The predicted molar refractivity (Wildman–Crippen MR) is 86.0 cm³/mol. The van der Waals surface area contributed by atoms with E-state index in [2.05, 4.69) is 20.3 Å². The van der Waals surface area contributed by atoms with Crippen LogP contribution in [0, 0.1) is 11.3 Å². The van der Waals surface area contributed by atoms with Crippen LogP contribution >= 0.6 is 0 Å². The number of nitrogens with one attached hydrogen (secondary N) is 1. The first kappa shape index (κ1) is 18.1. The van der Waals surface area contributed by atoms with Crippen LogP contribution in [-0.4, -0.2) is 32.2 Å². The van der Waals surface area contributed by atoms with Crippen molar-refractivity contribution in [1.82, 2.24) is 15.0 Å². The Morgan fingerprint density at radius 1 is 1.27 bits per heavy atom. The molecule has 2 aromatic rings. The Labute approximate surface area is 147 Å². The smallest absolute Gasteiger partial charge is 0.393 e. The van der Waals surface area contributed by atoms with E-state index in [4.69, 9.17) is 5.26 Å². The molecule has 2 heterocycles. The second kappa shape index (κ2) is 7.25. The molecule has 6 nitrogen and oxygen atoms in total. The lowest BCUT2D eigenvalue weighted by molar-refractivity contribution is -0.138. The second-order valence-corrected chi connectivity index (χ2v) is 6.16. The highest BCUT2D eigenvalue weighted by Gasteiger charge is 2.33. The van der Waals surface area contributed by atoms with E-state index in [9.17, 15) is 18.3 Å². The molecule has 0 amide bonds. The number of hydrogen-bond donors (Lipinski definition) is 2. The molecule has 0 spiro atoms. The van der Waals surface area contributed by atoms with Crippen LogP contribution in [0.2, 0.25) is 0 Å². The lowest BCUT2D eigenvalue weighted by Gasteiger charge is -2.32. The molecule has 0 unspecified atom stereocenters. The molecule has 3 rings (SSSR count). The molecule has 26 heavy (non-hydrogen) atoms. The zero-order valence-electron chi connectivity index (χ0n) is 13.7. The van der Waals surface area contributed by atoms with Gasteiger partial charge in [-0.1, -0.05) is 0 Å². The Balaban J connectivity index is 1.74. The zero-order chi connectivity index (χ0) is 18.7. The van der Waals surface area contributed by atoms with Gasteiger partial charge in [0.1, 0.15) is 23.3 Å². The predicted octanol–water partition coefficient (Wildman–Crippen LogP) is 2.48. The number of nitrogens with zero attached hydrogens (tertiary/aromatic N) is 4. The van der Waals surface area contributed by atoms with Crippen LogP contribution in [0.4, 0.5) is 19.0 Å². The van der Waals surface area contributed by atoms with Crippen molar-refractivity contribution in [2.24, 2.45) is 0 Å². The highest BCUT2D eigenvalue weighted by atomic mass is 19.4. The maximum Gasteiger partial charge on any atom is 0.416 e. The first-order valence-corrected chi connectivity index (χ1v) is 8.07. The third-order valence-corrected chi connectivity index (χ3v) is 4.24. The van der Waals surface area contributed by atoms with Crippen molar-refractivity contribution >= 4 is 5.82 Å². The molecule has 136 valence electrons. The zero-order valence-corrected chi connectivity index (χ0v) is 13.7. The van der Waals surface area contributed by atoms with Crippen LogP contribution < -0.4 is 5.32 Å². The highest BCUT2D eigenvalue weighted by molar-refractivity contribution is 5.51. The Morgan fingerprint density at radius 2 is 2.04 bits per heavy atom. The topological polar surface area (TPSA) is 94.7 Å². The van der Waals surface area contributed by atoms with Gasteiger partial charge in [0.2, 0.25) is 0 Å². The molecular formula is C17H16F3N5O. The summed E-state index contributed by atoms with van der Waals surface area (Å²) >= 11 is 0. The number of halogens is 3. The molecular weight excluding hydrogens is 347 g/mol. The van der Waals surface area contributed by atoms with Gasteiger partial charge < -0.3 is 10.4 Å². The van der Waals surface area contributed by atoms with Gasteiger partial charge in [-0.15, -0.1) is 0 Å². The molecule has 2 aromatic heterocycles. The summed E-state index contributed by atoms with van der Waals surface area (Å²) < 4.78 is 39.1. The number of pyridine rings is 1. The minimum atomic E-state index is -4.44. The standard InChI is InChI=1S/C17H16F3N5O/c18-17(19,20)14-3-4-22-8-10(14)1-2-15-23-9-11(7-21)16(25-15)24-12-5-13(26)6-12/h3-4,8-9,12-13,26H,1-2,5-6H2,(H,23,24,25). The van der Waals surface area contributed by atoms with Crippen LogP contribution in [0.3, 0.4) is 0 Å². The third-order valence-electron chi connectivity index (χ3n) is 4.24. The average molecular weight is 363 g/mol. The van der Waals surface area contributed by atoms with Crippen molar-refractivity contribution < 1.29 is 18.3 Å². The molecule has 0 aromatic carbocycles. The summed E-state index contributed by atoms with van der Waals surface area (Å²) in [6.45, 7) is 0. The number of aryl methyl sites for hydroxylation is 2. The van der Waals surface area contributed by atoms with Crippen molar-refractivity contribution in [3.05, 3.63) is 47.2 Å². The van der Waals surface area contributed by atoms with Crippen molar-refractivity contribution in [2.45, 2.75) is 44.0 Å². The van der Waals surface area contributed by atoms with Gasteiger partial charge >= 0.3 is 6.18 Å². The monoisotopic (exact) mass is 363 g/mol. The molecule has 2 N–H and O–H groups in total. The maximum absolute atomic E-state index is 13.0. The fourth-order valence-electron chi connectivity index (χ4n) is 2.78. The van der Waals surface area contributed by atoms with Gasteiger partial charge in [-0.2, -0.15) is 18.4 Å². The SMILES string of the molecule is N#Cc1cnc(CCc2cnccc2C(F)(F)F)nc1NC1CC(O)C1. The highest BCUT2D eigenvalue weighted by Crippen LogP contribution is 2.32. The van der Waals surface area contributed by atoms with Crippen LogP contribution in [0.5, 0.6) is 0 Å². The lowest BCUT2D eigenvalue weighted by Crippen LogP contribution is -2.39. The number of aliphatic hydroxyl groups is 1. The number of aliphatic hydroxyl groups excluding tert-OH is 1. The number of aromatic nitrogens is 3. The lowest BCUT2D eigenvalue weighted by atomic mass is 9.89. The van der Waals surface area contributed by atoms with Crippen LogP contribution in [0.1, 0.15) is 35.4 Å². The van der Waals surface area contributed by atoms with Gasteiger partial charge in [0.05, 0.1) is 17.9 Å². The Kier molecular flexibility index (Phi) is 5.04. The van der Waals surface area contributed by atoms with E-state index >= 15 is 0 Å². The molecule has 0 radical (unpaired) electrons. The first-order chi connectivity index (χ1) is 12.4. The maximum atomic E-state index is 13.0.